The van der Waals surface area contributed by atoms with Crippen molar-refractivity contribution in [3.63, 3.8) is 0 Å². The van der Waals surface area contributed by atoms with Gasteiger partial charge in [-0.1, -0.05) is 24.6 Å². The fourth-order valence-corrected chi connectivity index (χ4v) is 5.53. The predicted octanol–water partition coefficient (Wildman–Crippen LogP) is 3.80. The number of hydrogen-bond acceptors (Lipinski definition) is 4. The van der Waals surface area contributed by atoms with Crippen molar-refractivity contribution in [1.82, 2.24) is 10.2 Å². The number of thioether (sulfide) groups is 1. The molecule has 1 aromatic rings. The van der Waals surface area contributed by atoms with Gasteiger partial charge in [-0.25, -0.2) is 4.39 Å². The minimum Gasteiger partial charge on any atom is -0.354 e. The molecule has 2 bridgehead atoms. The summed E-state index contributed by atoms with van der Waals surface area (Å²) < 4.78 is 13.8. The maximum Gasteiger partial charge on any atom is 0.293 e. The number of nitrogens with zero attached hydrogens (tertiary/aromatic N) is 1. The number of rotatable bonds is 6. The van der Waals surface area contributed by atoms with Crippen LogP contribution >= 0.6 is 11.8 Å². The summed E-state index contributed by atoms with van der Waals surface area (Å²) in [4.78, 5) is 38.1. The Balaban J connectivity index is 1.28. The van der Waals surface area contributed by atoms with Gasteiger partial charge in [0.2, 0.25) is 5.91 Å². The molecule has 1 aliphatic heterocycles. The Bertz CT molecular complexity index is 841. The third-order valence-corrected chi connectivity index (χ3v) is 6.96. The summed E-state index contributed by atoms with van der Waals surface area (Å²) in [5, 5.41) is 2.44. The normalized spacial score (nSPS) is 27.8. The molecule has 0 radical (unpaired) electrons. The molecule has 3 aliphatic rings. The number of nitrogens with one attached hydrogen (secondary N) is 1. The van der Waals surface area contributed by atoms with E-state index in [9.17, 15) is 18.8 Å². The number of carbonyl (C=O) groups is 3. The SMILES string of the molecule is O=C(C[C@H]1C[C@@H]2CC[C@@H]1C2)NCCN1C(=O)S/C(=C\c2ccccc2F)C1=O. The van der Waals surface area contributed by atoms with E-state index in [1.54, 1.807) is 18.2 Å². The molecule has 148 valence electrons. The zero-order valence-electron chi connectivity index (χ0n) is 15.5. The number of fused-ring (bicyclic) bond motifs is 2. The monoisotopic (exact) mass is 402 g/mol. The molecule has 0 aromatic heterocycles. The third-order valence-electron chi connectivity index (χ3n) is 6.06. The zero-order valence-corrected chi connectivity index (χ0v) is 16.3. The molecule has 1 heterocycles. The number of imide groups is 1. The lowest BCUT2D eigenvalue weighted by Gasteiger charge is -2.21. The van der Waals surface area contributed by atoms with E-state index in [-0.39, 0.29) is 29.5 Å². The minimum atomic E-state index is -0.444. The average molecular weight is 402 g/mol. The second-order valence-electron chi connectivity index (χ2n) is 7.84. The topological polar surface area (TPSA) is 66.5 Å². The maximum absolute atomic E-state index is 13.8. The molecular weight excluding hydrogens is 379 g/mol. The van der Waals surface area contributed by atoms with Crippen molar-refractivity contribution in [3.05, 3.63) is 40.6 Å². The van der Waals surface area contributed by atoms with Crippen molar-refractivity contribution < 1.29 is 18.8 Å². The van der Waals surface area contributed by atoms with Gasteiger partial charge in [0, 0.05) is 25.1 Å². The first kappa shape index (κ1) is 19.2. The van der Waals surface area contributed by atoms with Gasteiger partial charge in [0.25, 0.3) is 11.1 Å². The molecule has 1 saturated heterocycles. The third kappa shape index (κ3) is 3.99. The first-order valence-corrected chi connectivity index (χ1v) is 10.6. The molecule has 0 spiro atoms. The lowest BCUT2D eigenvalue weighted by Crippen LogP contribution is -2.38. The molecule has 2 aliphatic carbocycles. The second kappa shape index (κ2) is 8.07. The number of hydrogen-bond donors (Lipinski definition) is 1. The van der Waals surface area contributed by atoms with Crippen LogP contribution in [-0.2, 0) is 9.59 Å². The highest BCUT2D eigenvalue weighted by Gasteiger charge is 2.40. The number of carbonyl (C=O) groups excluding carboxylic acids is 3. The average Bonchev–Trinajstić information content (AvgIpc) is 3.34. The van der Waals surface area contributed by atoms with Crippen molar-refractivity contribution in [3.8, 4) is 0 Å². The van der Waals surface area contributed by atoms with Crippen molar-refractivity contribution >= 4 is 34.9 Å². The maximum atomic E-state index is 13.8. The molecule has 3 atom stereocenters. The van der Waals surface area contributed by atoms with Crippen LogP contribution < -0.4 is 5.32 Å². The largest absolute Gasteiger partial charge is 0.354 e. The highest BCUT2D eigenvalue weighted by molar-refractivity contribution is 8.18. The molecule has 1 N–H and O–H groups in total. The van der Waals surface area contributed by atoms with E-state index in [4.69, 9.17) is 0 Å². The van der Waals surface area contributed by atoms with Gasteiger partial charge in [-0.15, -0.1) is 0 Å². The molecule has 7 heteroatoms. The van der Waals surface area contributed by atoms with Crippen molar-refractivity contribution in [2.24, 2.45) is 17.8 Å². The second-order valence-corrected chi connectivity index (χ2v) is 8.84. The van der Waals surface area contributed by atoms with Crippen LogP contribution in [0.15, 0.2) is 29.2 Å². The molecule has 2 saturated carbocycles. The van der Waals surface area contributed by atoms with E-state index < -0.39 is 17.0 Å². The van der Waals surface area contributed by atoms with Gasteiger partial charge < -0.3 is 5.32 Å². The van der Waals surface area contributed by atoms with E-state index in [0.717, 1.165) is 29.0 Å². The molecule has 3 fully saturated rings. The Morgan fingerprint density at radius 3 is 2.79 bits per heavy atom. The quantitative estimate of drug-likeness (QED) is 0.735. The summed E-state index contributed by atoms with van der Waals surface area (Å²) in [6.45, 7) is 0.367. The Morgan fingerprint density at radius 2 is 2.07 bits per heavy atom. The fourth-order valence-electron chi connectivity index (χ4n) is 4.67. The molecule has 3 amide bonds. The highest BCUT2D eigenvalue weighted by atomic mass is 32.2. The molecule has 5 nitrogen and oxygen atoms in total. The standard InChI is InChI=1S/C21H23FN2O3S/c22-17-4-2-1-3-15(17)11-18-20(26)24(21(27)28-18)8-7-23-19(25)12-16-10-13-5-6-14(16)9-13/h1-4,11,13-14,16H,5-10,12H2,(H,23,25)/b18-11-/t13-,14-,16-/m1/s1. The van der Waals surface area contributed by atoms with Crippen LogP contribution in [0.1, 0.15) is 37.7 Å². The van der Waals surface area contributed by atoms with E-state index in [1.807, 2.05) is 0 Å². The molecule has 0 unspecified atom stereocenters. The van der Waals surface area contributed by atoms with Crippen molar-refractivity contribution in [2.75, 3.05) is 13.1 Å². The summed E-state index contributed by atoms with van der Waals surface area (Å²) in [7, 11) is 0. The summed E-state index contributed by atoms with van der Waals surface area (Å²) in [5.41, 5.74) is 0.271. The van der Waals surface area contributed by atoms with Gasteiger partial charge >= 0.3 is 0 Å². The van der Waals surface area contributed by atoms with Crippen LogP contribution in [-0.4, -0.2) is 35.0 Å². The van der Waals surface area contributed by atoms with Crippen LogP contribution in [0.3, 0.4) is 0 Å². The van der Waals surface area contributed by atoms with Gasteiger partial charge in [-0.2, -0.15) is 0 Å². The summed E-state index contributed by atoms with van der Waals surface area (Å²) in [6.07, 6.45) is 6.91. The van der Waals surface area contributed by atoms with Crippen LogP contribution in [0.25, 0.3) is 6.08 Å². The van der Waals surface area contributed by atoms with Gasteiger partial charge in [-0.05, 0) is 60.9 Å². The fraction of sp³-hybridized carbons (Fsp3) is 0.476. The van der Waals surface area contributed by atoms with Crippen LogP contribution in [0.4, 0.5) is 9.18 Å². The number of amides is 3. The van der Waals surface area contributed by atoms with E-state index in [0.29, 0.717) is 18.3 Å². The Morgan fingerprint density at radius 1 is 1.25 bits per heavy atom. The van der Waals surface area contributed by atoms with Gasteiger partial charge in [0.1, 0.15) is 5.82 Å². The summed E-state index contributed by atoms with van der Waals surface area (Å²) in [6, 6.07) is 6.10. The van der Waals surface area contributed by atoms with E-state index >= 15 is 0 Å². The Kier molecular flexibility index (Phi) is 5.53. The number of halogens is 1. The molecule has 1 aromatic carbocycles. The van der Waals surface area contributed by atoms with Crippen molar-refractivity contribution in [2.45, 2.75) is 32.1 Å². The van der Waals surface area contributed by atoms with Crippen LogP contribution in [0.2, 0.25) is 0 Å². The van der Waals surface area contributed by atoms with E-state index in [1.165, 1.54) is 31.4 Å². The number of benzene rings is 1. The van der Waals surface area contributed by atoms with Gasteiger partial charge in [0.05, 0.1) is 4.91 Å². The molecule has 4 rings (SSSR count). The van der Waals surface area contributed by atoms with Crippen molar-refractivity contribution in [1.29, 1.82) is 0 Å². The minimum absolute atomic E-state index is 0.00794. The Labute approximate surface area is 167 Å². The van der Waals surface area contributed by atoms with Crippen LogP contribution in [0.5, 0.6) is 0 Å². The highest BCUT2D eigenvalue weighted by Crippen LogP contribution is 2.49. The van der Waals surface area contributed by atoms with E-state index in [2.05, 4.69) is 5.32 Å². The van der Waals surface area contributed by atoms with Gasteiger partial charge in [-0.3, -0.25) is 19.3 Å². The Hall–Kier alpha value is -2.15. The van der Waals surface area contributed by atoms with Crippen LogP contribution in [0, 0.1) is 23.6 Å². The predicted molar refractivity (Wildman–Crippen MR) is 106 cm³/mol. The molecular formula is C21H23FN2O3S. The lowest BCUT2D eigenvalue weighted by atomic mass is 9.86. The molecule has 28 heavy (non-hydrogen) atoms. The summed E-state index contributed by atoms with van der Waals surface area (Å²) in [5.74, 6) is 1.09. The summed E-state index contributed by atoms with van der Waals surface area (Å²) >= 11 is 0.798. The first-order valence-electron chi connectivity index (χ1n) is 9.78. The first-order chi connectivity index (χ1) is 13.5. The zero-order chi connectivity index (χ0) is 19.7. The van der Waals surface area contributed by atoms with Gasteiger partial charge in [0.15, 0.2) is 0 Å². The lowest BCUT2D eigenvalue weighted by molar-refractivity contribution is -0.124. The smallest absolute Gasteiger partial charge is 0.293 e.